The van der Waals surface area contributed by atoms with Gasteiger partial charge < -0.3 is 0 Å². The van der Waals surface area contributed by atoms with Crippen LogP contribution >= 0.6 is 22.9 Å². The van der Waals surface area contributed by atoms with Crippen molar-refractivity contribution in [2.45, 2.75) is 4.90 Å². The van der Waals surface area contributed by atoms with E-state index >= 15 is 0 Å². The molecular weight excluding hydrogens is 430 g/mol. The van der Waals surface area contributed by atoms with Gasteiger partial charge in [0.2, 0.25) is 0 Å². The minimum Gasteiger partial charge on any atom is -0.298 e. The number of benzene rings is 3. The van der Waals surface area contributed by atoms with Crippen molar-refractivity contribution in [2.24, 2.45) is 0 Å². The van der Waals surface area contributed by atoms with Gasteiger partial charge in [0, 0.05) is 16.3 Å². The Labute approximate surface area is 176 Å². The van der Waals surface area contributed by atoms with E-state index in [1.807, 2.05) is 0 Å². The number of hydrogen-bond acceptors (Lipinski definition) is 5. The lowest BCUT2D eigenvalue weighted by atomic mass is 10.2. The highest BCUT2D eigenvalue weighted by atomic mass is 35.5. The Hall–Kier alpha value is -2.94. The zero-order chi connectivity index (χ0) is 20.4. The molecule has 0 fully saturated rings. The fourth-order valence-corrected chi connectivity index (χ4v) is 4.89. The molecule has 4 rings (SSSR count). The number of nitrogens with zero attached hydrogens (tertiary/aromatic N) is 1. The first-order valence-electron chi connectivity index (χ1n) is 8.46. The first-order chi connectivity index (χ1) is 13.9. The summed E-state index contributed by atoms with van der Waals surface area (Å²) in [4.78, 5) is 16.9. The largest absolute Gasteiger partial charge is 0.298 e. The fraction of sp³-hybridized carbons (Fsp3) is 0. The van der Waals surface area contributed by atoms with Crippen molar-refractivity contribution in [3.63, 3.8) is 0 Å². The van der Waals surface area contributed by atoms with Crippen LogP contribution in [0.2, 0.25) is 5.02 Å². The minimum atomic E-state index is -3.83. The van der Waals surface area contributed by atoms with Crippen molar-refractivity contribution in [1.29, 1.82) is 0 Å². The number of nitrogens with one attached hydrogen (secondary N) is 2. The molecule has 9 heteroatoms. The van der Waals surface area contributed by atoms with Crippen LogP contribution in [0.5, 0.6) is 0 Å². The first kappa shape index (κ1) is 19.4. The quantitative estimate of drug-likeness (QED) is 0.454. The molecule has 0 aliphatic carbocycles. The van der Waals surface area contributed by atoms with Crippen LogP contribution in [-0.2, 0) is 10.0 Å². The topological polar surface area (TPSA) is 88.2 Å². The summed E-state index contributed by atoms with van der Waals surface area (Å²) in [6, 6.07) is 19.6. The van der Waals surface area contributed by atoms with E-state index < -0.39 is 15.9 Å². The van der Waals surface area contributed by atoms with E-state index in [4.69, 9.17) is 11.6 Å². The zero-order valence-corrected chi connectivity index (χ0v) is 17.2. The van der Waals surface area contributed by atoms with Crippen LogP contribution in [0.25, 0.3) is 10.2 Å². The molecule has 3 aromatic carbocycles. The van der Waals surface area contributed by atoms with Gasteiger partial charge in [-0.05, 0) is 48.5 Å². The standard InChI is InChI=1S/C20H14ClN3O3S2/c21-14-9-10-17-18(12-14)28-20(22-17)23-19(25)13-5-4-8-16(11-13)29(26,27)24-15-6-2-1-3-7-15/h1-12,24H,(H,22,23,25). The van der Waals surface area contributed by atoms with Gasteiger partial charge in [-0.25, -0.2) is 13.4 Å². The van der Waals surface area contributed by atoms with Crippen LogP contribution < -0.4 is 10.0 Å². The third-order valence-corrected chi connectivity index (χ3v) is 6.55. The molecule has 146 valence electrons. The van der Waals surface area contributed by atoms with Gasteiger partial charge in [0.25, 0.3) is 15.9 Å². The maximum Gasteiger partial charge on any atom is 0.261 e. The number of carbonyl (C=O) groups is 1. The first-order valence-corrected chi connectivity index (χ1v) is 11.1. The molecule has 2 N–H and O–H groups in total. The fourth-order valence-electron chi connectivity index (χ4n) is 2.65. The van der Waals surface area contributed by atoms with Gasteiger partial charge in [-0.1, -0.05) is 47.2 Å². The van der Waals surface area contributed by atoms with Gasteiger partial charge in [0.05, 0.1) is 15.1 Å². The number of para-hydroxylation sites is 1. The van der Waals surface area contributed by atoms with Gasteiger partial charge in [-0.15, -0.1) is 0 Å². The highest BCUT2D eigenvalue weighted by Crippen LogP contribution is 2.28. The zero-order valence-electron chi connectivity index (χ0n) is 14.8. The van der Waals surface area contributed by atoms with Crippen molar-refractivity contribution in [2.75, 3.05) is 10.0 Å². The lowest BCUT2D eigenvalue weighted by molar-refractivity contribution is 0.102. The summed E-state index contributed by atoms with van der Waals surface area (Å²) in [6.45, 7) is 0. The molecule has 0 atom stereocenters. The lowest BCUT2D eigenvalue weighted by Gasteiger charge is -2.09. The van der Waals surface area contributed by atoms with E-state index in [2.05, 4.69) is 15.0 Å². The van der Waals surface area contributed by atoms with Gasteiger partial charge in [0.1, 0.15) is 0 Å². The Morgan fingerprint density at radius 2 is 1.76 bits per heavy atom. The van der Waals surface area contributed by atoms with Crippen molar-refractivity contribution >= 4 is 59.9 Å². The molecule has 29 heavy (non-hydrogen) atoms. The van der Waals surface area contributed by atoms with Crippen molar-refractivity contribution < 1.29 is 13.2 Å². The average Bonchev–Trinajstić information content (AvgIpc) is 3.10. The number of aromatic nitrogens is 1. The summed E-state index contributed by atoms with van der Waals surface area (Å²) in [5.41, 5.74) is 1.37. The molecule has 1 amide bonds. The lowest BCUT2D eigenvalue weighted by Crippen LogP contribution is -2.15. The van der Waals surface area contributed by atoms with Crippen LogP contribution in [0.4, 0.5) is 10.8 Å². The molecule has 4 aromatic rings. The number of anilines is 2. The molecule has 0 aliphatic heterocycles. The number of amides is 1. The van der Waals surface area contributed by atoms with Crippen LogP contribution in [0.1, 0.15) is 10.4 Å². The summed E-state index contributed by atoms with van der Waals surface area (Å²) in [5.74, 6) is -0.452. The van der Waals surface area contributed by atoms with Crippen molar-refractivity contribution in [3.8, 4) is 0 Å². The number of fused-ring (bicyclic) bond motifs is 1. The molecule has 0 radical (unpaired) electrons. The molecular formula is C20H14ClN3O3S2. The molecule has 0 saturated carbocycles. The van der Waals surface area contributed by atoms with Crippen LogP contribution in [0, 0.1) is 0 Å². The van der Waals surface area contributed by atoms with E-state index in [-0.39, 0.29) is 10.5 Å². The number of halogens is 1. The summed E-state index contributed by atoms with van der Waals surface area (Å²) in [7, 11) is -3.83. The molecule has 1 aromatic heterocycles. The summed E-state index contributed by atoms with van der Waals surface area (Å²) >= 11 is 7.26. The van der Waals surface area contributed by atoms with Gasteiger partial charge in [-0.2, -0.15) is 0 Å². The Balaban J connectivity index is 1.56. The van der Waals surface area contributed by atoms with Crippen molar-refractivity contribution in [3.05, 3.63) is 83.4 Å². The Bertz CT molecular complexity index is 1310. The van der Waals surface area contributed by atoms with Gasteiger partial charge >= 0.3 is 0 Å². The van der Waals surface area contributed by atoms with Crippen molar-refractivity contribution in [1.82, 2.24) is 4.98 Å². The molecule has 0 bridgehead atoms. The average molecular weight is 444 g/mol. The number of rotatable bonds is 5. The SMILES string of the molecule is O=C(Nc1nc2ccc(Cl)cc2s1)c1cccc(S(=O)(=O)Nc2ccccc2)c1. The minimum absolute atomic E-state index is 0.00918. The van der Waals surface area contributed by atoms with Gasteiger partial charge in [-0.3, -0.25) is 14.8 Å². The normalized spacial score (nSPS) is 11.3. The van der Waals surface area contributed by atoms with Crippen LogP contribution in [0.3, 0.4) is 0 Å². The summed E-state index contributed by atoms with van der Waals surface area (Å²) in [6.07, 6.45) is 0. The van der Waals surface area contributed by atoms with Crippen LogP contribution in [0.15, 0.2) is 77.7 Å². The molecule has 1 heterocycles. The summed E-state index contributed by atoms with van der Waals surface area (Å²) in [5, 5.41) is 3.70. The van der Waals surface area contributed by atoms with E-state index in [9.17, 15) is 13.2 Å². The summed E-state index contributed by atoms with van der Waals surface area (Å²) < 4.78 is 28.6. The molecule has 6 nitrogen and oxygen atoms in total. The highest BCUT2D eigenvalue weighted by molar-refractivity contribution is 7.92. The Morgan fingerprint density at radius 1 is 0.966 bits per heavy atom. The van der Waals surface area contributed by atoms with Gasteiger partial charge in [0.15, 0.2) is 5.13 Å². The monoisotopic (exact) mass is 443 g/mol. The van der Waals surface area contributed by atoms with E-state index in [1.165, 1.54) is 29.5 Å². The predicted octanol–water partition coefficient (Wildman–Crippen LogP) is 5.00. The maximum atomic E-state index is 12.6. The second kappa shape index (κ2) is 7.82. The second-order valence-corrected chi connectivity index (χ2v) is 9.23. The van der Waals surface area contributed by atoms with E-state index in [1.54, 1.807) is 54.6 Å². The second-order valence-electron chi connectivity index (χ2n) is 6.08. The molecule has 0 aliphatic rings. The maximum absolute atomic E-state index is 12.6. The third-order valence-electron chi connectivity index (χ3n) is 4.00. The molecule has 0 saturated heterocycles. The molecule has 0 unspecified atom stereocenters. The van der Waals surface area contributed by atoms with E-state index in [0.29, 0.717) is 15.8 Å². The molecule has 0 spiro atoms. The van der Waals surface area contributed by atoms with E-state index in [0.717, 1.165) is 10.2 Å². The number of hydrogen-bond donors (Lipinski definition) is 2. The number of sulfonamides is 1. The Morgan fingerprint density at radius 3 is 2.55 bits per heavy atom. The number of carbonyl (C=O) groups excluding carboxylic acids is 1. The smallest absolute Gasteiger partial charge is 0.261 e. The third kappa shape index (κ3) is 4.40. The predicted molar refractivity (Wildman–Crippen MR) is 116 cm³/mol. The highest BCUT2D eigenvalue weighted by Gasteiger charge is 2.17. The number of thiazole rings is 1. The Kier molecular flexibility index (Phi) is 5.23. The van der Waals surface area contributed by atoms with Crippen LogP contribution in [-0.4, -0.2) is 19.3 Å².